The molecule has 2 heteroatoms. The number of hydrogen-bond acceptors (Lipinski definition) is 1. The molecule has 1 unspecified atom stereocenters. The number of hydrogen-bond donors (Lipinski definition) is 0. The minimum atomic E-state index is -0.0556. The Hall–Kier alpha value is 0.0249. The molecular weight excluding hydrogens is 123 g/mol. The van der Waals surface area contributed by atoms with Crippen molar-refractivity contribution in [3.8, 4) is 0 Å². The molecule has 58 valence electrons. The maximum absolute atomic E-state index is 5.64. The van der Waals surface area contributed by atoms with Crippen LogP contribution in [0.4, 0.5) is 0 Å². The van der Waals surface area contributed by atoms with Crippen LogP contribution in [-0.4, -0.2) is 20.0 Å². The van der Waals surface area contributed by atoms with Gasteiger partial charge in [0.25, 0.3) is 0 Å². The highest BCUT2D eigenvalue weighted by atomic mass is 16.5. The van der Waals surface area contributed by atoms with Gasteiger partial charge in [-0.25, -0.2) is 0 Å². The van der Waals surface area contributed by atoms with E-state index in [1.165, 1.54) is 6.42 Å². The van der Waals surface area contributed by atoms with Crippen molar-refractivity contribution in [2.45, 2.75) is 52.1 Å². The Morgan fingerprint density at radius 2 is 2.00 bits per heavy atom. The third-order valence-corrected chi connectivity index (χ3v) is 1.29. The van der Waals surface area contributed by atoms with Gasteiger partial charge < -0.3 is 4.74 Å². The molecule has 0 saturated carbocycles. The molecule has 0 aliphatic heterocycles. The van der Waals surface area contributed by atoms with E-state index in [0.29, 0.717) is 0 Å². The molecule has 1 nitrogen and oxygen atoms in total. The molecule has 0 saturated heterocycles. The third-order valence-electron chi connectivity index (χ3n) is 1.29. The zero-order valence-electron chi connectivity index (χ0n) is 7.26. The molecule has 0 rings (SSSR count). The molecule has 1 atom stereocenters. The maximum Gasteiger partial charge on any atom is 0.108 e. The van der Waals surface area contributed by atoms with Crippen LogP contribution in [0.1, 0.15) is 40.0 Å². The Morgan fingerprint density at radius 1 is 1.40 bits per heavy atom. The lowest BCUT2D eigenvalue weighted by molar-refractivity contribution is 0.0491. The minimum Gasteiger partial charge on any atom is -0.385 e. The van der Waals surface area contributed by atoms with Crippen molar-refractivity contribution in [2.75, 3.05) is 0 Å². The van der Waals surface area contributed by atoms with E-state index in [-0.39, 0.29) is 12.1 Å². The lowest BCUT2D eigenvalue weighted by atomic mass is 9.94. The van der Waals surface area contributed by atoms with Crippen molar-refractivity contribution in [1.82, 2.24) is 0 Å². The van der Waals surface area contributed by atoms with Gasteiger partial charge in [-0.05, 0) is 20.3 Å². The van der Waals surface area contributed by atoms with Gasteiger partial charge in [0, 0.05) is 6.00 Å². The molecule has 2 radical (unpaired) electrons. The van der Waals surface area contributed by atoms with E-state index < -0.39 is 0 Å². The summed E-state index contributed by atoms with van der Waals surface area (Å²) >= 11 is 0. The third kappa shape index (κ3) is 6.15. The van der Waals surface area contributed by atoms with Crippen molar-refractivity contribution >= 4 is 7.85 Å². The highest BCUT2D eigenvalue weighted by molar-refractivity contribution is 6.10. The number of rotatable bonds is 5. The Morgan fingerprint density at radius 3 is 2.40 bits per heavy atom. The van der Waals surface area contributed by atoms with Gasteiger partial charge in [-0.2, -0.15) is 0 Å². The minimum absolute atomic E-state index is 0.0556. The summed E-state index contributed by atoms with van der Waals surface area (Å²) in [6.45, 7) is 6.17. The molecule has 0 spiro atoms. The van der Waals surface area contributed by atoms with Crippen molar-refractivity contribution in [2.24, 2.45) is 0 Å². The van der Waals surface area contributed by atoms with Crippen LogP contribution < -0.4 is 0 Å². The summed E-state index contributed by atoms with van der Waals surface area (Å²) in [4.78, 5) is 0. The summed E-state index contributed by atoms with van der Waals surface area (Å²) in [6.07, 6.45) is 3.59. The molecule has 0 aromatic carbocycles. The van der Waals surface area contributed by atoms with Crippen LogP contribution in [0.2, 0.25) is 0 Å². The Bertz CT molecular complexity index is 73.7. The van der Waals surface area contributed by atoms with Gasteiger partial charge in [-0.3, -0.25) is 0 Å². The van der Waals surface area contributed by atoms with E-state index in [9.17, 15) is 0 Å². The zero-order valence-corrected chi connectivity index (χ0v) is 7.26. The average molecular weight is 140 g/mol. The second-order valence-electron chi connectivity index (χ2n) is 2.87. The Labute approximate surface area is 65.6 Å². The van der Waals surface area contributed by atoms with Crippen LogP contribution in [0.15, 0.2) is 0 Å². The number of unbranched alkanes of at least 4 members (excludes halogenated alkanes) is 1. The molecule has 0 bridgehead atoms. The predicted molar refractivity (Wildman–Crippen MR) is 45.3 cm³/mol. The molecule has 0 N–H and O–H groups in total. The molecular formula is C8H17BO. The van der Waals surface area contributed by atoms with Crippen LogP contribution in [0.5, 0.6) is 0 Å². The van der Waals surface area contributed by atoms with Crippen LogP contribution in [0.25, 0.3) is 0 Å². The van der Waals surface area contributed by atoms with Crippen LogP contribution >= 0.6 is 0 Å². The smallest absolute Gasteiger partial charge is 0.108 e. The largest absolute Gasteiger partial charge is 0.385 e. The monoisotopic (exact) mass is 140 g/mol. The molecule has 0 aliphatic rings. The second-order valence-corrected chi connectivity index (χ2v) is 2.87. The summed E-state index contributed by atoms with van der Waals surface area (Å²) in [5.74, 6) is 0. The summed E-state index contributed by atoms with van der Waals surface area (Å²) in [5, 5.41) is 0. The van der Waals surface area contributed by atoms with Gasteiger partial charge in [0.2, 0.25) is 0 Å². The first-order chi connectivity index (χ1) is 4.66. The van der Waals surface area contributed by atoms with Gasteiger partial charge in [-0.15, -0.1) is 0 Å². The fourth-order valence-corrected chi connectivity index (χ4v) is 0.823. The van der Waals surface area contributed by atoms with E-state index in [1.807, 2.05) is 13.8 Å². The summed E-state index contributed by atoms with van der Waals surface area (Å²) in [7, 11) is 5.64. The predicted octanol–water partition coefficient (Wildman–Crippen LogP) is 2.10. The van der Waals surface area contributed by atoms with E-state index in [2.05, 4.69) is 6.92 Å². The van der Waals surface area contributed by atoms with Crippen LogP contribution in [0.3, 0.4) is 0 Å². The van der Waals surface area contributed by atoms with Crippen molar-refractivity contribution < 1.29 is 4.74 Å². The van der Waals surface area contributed by atoms with Gasteiger partial charge in [0.1, 0.15) is 7.85 Å². The first-order valence-corrected chi connectivity index (χ1v) is 4.07. The molecule has 0 heterocycles. The van der Waals surface area contributed by atoms with Gasteiger partial charge in [0.05, 0.1) is 6.10 Å². The summed E-state index contributed by atoms with van der Waals surface area (Å²) in [5.41, 5.74) is 0. The fourth-order valence-electron chi connectivity index (χ4n) is 0.823. The van der Waals surface area contributed by atoms with E-state index in [4.69, 9.17) is 12.6 Å². The van der Waals surface area contributed by atoms with E-state index in [1.54, 1.807) is 0 Å². The summed E-state index contributed by atoms with van der Waals surface area (Å²) < 4.78 is 5.33. The van der Waals surface area contributed by atoms with Crippen molar-refractivity contribution in [3.63, 3.8) is 0 Å². The van der Waals surface area contributed by atoms with Gasteiger partial charge in [-0.1, -0.05) is 19.8 Å². The standard InChI is InChI=1S/C8H17BO/c1-4-5-6-8(9)10-7(2)3/h7-8H,4-6H2,1-3H3. The molecule has 0 fully saturated rings. The topological polar surface area (TPSA) is 9.23 Å². The molecule has 10 heavy (non-hydrogen) atoms. The molecule has 0 aromatic heterocycles. The average Bonchev–Trinajstić information content (AvgIpc) is 1.82. The van der Waals surface area contributed by atoms with E-state index in [0.717, 1.165) is 12.8 Å². The van der Waals surface area contributed by atoms with Crippen LogP contribution in [0, 0.1) is 0 Å². The zero-order chi connectivity index (χ0) is 7.98. The molecule has 0 aliphatic carbocycles. The van der Waals surface area contributed by atoms with E-state index >= 15 is 0 Å². The SMILES string of the molecule is [B]C(CCCC)OC(C)C. The Kier molecular flexibility index (Phi) is 5.80. The highest BCUT2D eigenvalue weighted by Gasteiger charge is 2.02. The number of ether oxygens (including phenoxy) is 1. The van der Waals surface area contributed by atoms with Crippen molar-refractivity contribution in [3.05, 3.63) is 0 Å². The highest BCUT2D eigenvalue weighted by Crippen LogP contribution is 2.03. The second kappa shape index (κ2) is 5.78. The Balaban J connectivity index is 3.16. The molecule has 0 amide bonds. The van der Waals surface area contributed by atoms with Gasteiger partial charge in [0.15, 0.2) is 0 Å². The van der Waals surface area contributed by atoms with Gasteiger partial charge >= 0.3 is 0 Å². The lowest BCUT2D eigenvalue weighted by Crippen LogP contribution is -2.17. The summed E-state index contributed by atoms with van der Waals surface area (Å²) in [6, 6.07) is -0.0556. The van der Waals surface area contributed by atoms with Crippen LogP contribution in [-0.2, 0) is 4.74 Å². The normalized spacial score (nSPS) is 14.0. The van der Waals surface area contributed by atoms with Crippen molar-refractivity contribution in [1.29, 1.82) is 0 Å². The fraction of sp³-hybridized carbons (Fsp3) is 1.00. The lowest BCUT2D eigenvalue weighted by Gasteiger charge is -2.15. The maximum atomic E-state index is 5.64. The quantitative estimate of drug-likeness (QED) is 0.531. The first kappa shape index (κ1) is 10.0. The first-order valence-electron chi connectivity index (χ1n) is 4.07. The molecule has 0 aromatic rings.